The van der Waals surface area contributed by atoms with Crippen LogP contribution < -0.4 is 16.4 Å². The third-order valence-electron chi connectivity index (χ3n) is 3.03. The molecule has 1 rings (SSSR count). The monoisotopic (exact) mass is 277 g/mol. The van der Waals surface area contributed by atoms with Crippen molar-refractivity contribution in [1.82, 2.24) is 5.32 Å². The number of nitrogens with one attached hydrogen (secondary N) is 2. The van der Waals surface area contributed by atoms with E-state index in [1.165, 1.54) is 0 Å². The smallest absolute Gasteiger partial charge is 0.254 e. The lowest BCUT2D eigenvalue weighted by molar-refractivity contribution is -0.122. The molecule has 0 spiro atoms. The van der Waals surface area contributed by atoms with E-state index < -0.39 is 11.4 Å². The van der Waals surface area contributed by atoms with Gasteiger partial charge < -0.3 is 16.4 Å². The Kier molecular flexibility index (Phi) is 5.13. The predicted octanol–water partition coefficient (Wildman–Crippen LogP) is 1.81. The molecule has 0 aliphatic carbocycles. The second-order valence-electron chi connectivity index (χ2n) is 5.42. The highest BCUT2D eigenvalue weighted by Gasteiger charge is 2.28. The molecule has 0 radical (unpaired) electrons. The van der Waals surface area contributed by atoms with Crippen LogP contribution >= 0.6 is 0 Å². The van der Waals surface area contributed by atoms with Crippen molar-refractivity contribution in [3.05, 3.63) is 29.3 Å². The summed E-state index contributed by atoms with van der Waals surface area (Å²) in [5, 5.41) is 5.88. The summed E-state index contributed by atoms with van der Waals surface area (Å²) in [4.78, 5) is 23.6. The van der Waals surface area contributed by atoms with Crippen LogP contribution in [0.5, 0.6) is 0 Å². The number of anilines is 1. The number of hydrogen-bond donors (Lipinski definition) is 3. The molecule has 5 heteroatoms. The second-order valence-corrected chi connectivity index (χ2v) is 5.42. The van der Waals surface area contributed by atoms with Crippen molar-refractivity contribution in [2.24, 2.45) is 5.73 Å². The minimum atomic E-state index is -1.08. The van der Waals surface area contributed by atoms with Gasteiger partial charge in [-0.3, -0.25) is 9.59 Å². The molecule has 5 nitrogen and oxygen atoms in total. The third kappa shape index (κ3) is 3.98. The molecule has 0 heterocycles. The highest BCUT2D eigenvalue weighted by molar-refractivity contribution is 6.02. The van der Waals surface area contributed by atoms with Gasteiger partial charge in [-0.05, 0) is 44.9 Å². The zero-order chi connectivity index (χ0) is 15.3. The van der Waals surface area contributed by atoms with Gasteiger partial charge in [-0.1, -0.05) is 13.0 Å². The average Bonchev–Trinajstić information content (AvgIpc) is 2.35. The lowest BCUT2D eigenvalue weighted by Crippen LogP contribution is -2.53. The van der Waals surface area contributed by atoms with Gasteiger partial charge in [0.25, 0.3) is 5.91 Å². The van der Waals surface area contributed by atoms with E-state index in [4.69, 9.17) is 5.73 Å². The molecule has 1 aromatic carbocycles. The van der Waals surface area contributed by atoms with Gasteiger partial charge in [0, 0.05) is 12.2 Å². The minimum Gasteiger partial charge on any atom is -0.384 e. The summed E-state index contributed by atoms with van der Waals surface area (Å²) in [5.74, 6) is -0.881. The van der Waals surface area contributed by atoms with Crippen LogP contribution in [0.4, 0.5) is 5.69 Å². The van der Waals surface area contributed by atoms with Crippen LogP contribution in [-0.2, 0) is 4.79 Å². The Morgan fingerprint density at radius 1 is 1.30 bits per heavy atom. The van der Waals surface area contributed by atoms with Crippen molar-refractivity contribution in [3.8, 4) is 0 Å². The van der Waals surface area contributed by atoms with Gasteiger partial charge >= 0.3 is 0 Å². The summed E-state index contributed by atoms with van der Waals surface area (Å²) >= 11 is 0. The lowest BCUT2D eigenvalue weighted by atomic mass is 10.0. The van der Waals surface area contributed by atoms with Gasteiger partial charge in [0.1, 0.15) is 5.54 Å². The molecular weight excluding hydrogens is 254 g/mol. The van der Waals surface area contributed by atoms with Gasteiger partial charge in [0.2, 0.25) is 5.91 Å². The molecule has 110 valence electrons. The fourth-order valence-corrected chi connectivity index (χ4v) is 1.67. The molecule has 0 aliphatic heterocycles. The first-order valence-electron chi connectivity index (χ1n) is 6.75. The van der Waals surface area contributed by atoms with Crippen LogP contribution in [0.15, 0.2) is 18.2 Å². The Morgan fingerprint density at radius 2 is 1.95 bits per heavy atom. The molecule has 2 amide bonds. The Bertz CT molecular complexity index is 510. The number of amides is 2. The van der Waals surface area contributed by atoms with E-state index in [0.717, 1.165) is 24.2 Å². The normalized spacial score (nSPS) is 11.0. The number of primary amides is 1. The van der Waals surface area contributed by atoms with E-state index in [9.17, 15) is 9.59 Å². The summed E-state index contributed by atoms with van der Waals surface area (Å²) in [6.45, 7) is 7.97. The molecule has 0 bridgehead atoms. The van der Waals surface area contributed by atoms with Gasteiger partial charge in [0.05, 0.1) is 5.56 Å². The molecular formula is C15H23N3O2. The SMILES string of the molecule is CCCNc1cc(C)ccc1C(=O)NC(C)(C)C(N)=O. The number of hydrogen-bond acceptors (Lipinski definition) is 3. The standard InChI is InChI=1S/C15H23N3O2/c1-5-8-17-12-9-10(2)6-7-11(12)13(19)18-15(3,4)14(16)20/h6-7,9,17H,5,8H2,1-4H3,(H2,16,20)(H,18,19). The van der Waals surface area contributed by atoms with Gasteiger partial charge in [-0.25, -0.2) is 0 Å². The molecule has 0 atom stereocenters. The number of rotatable bonds is 6. The van der Waals surface area contributed by atoms with Crippen LogP contribution in [0.25, 0.3) is 0 Å². The van der Waals surface area contributed by atoms with Gasteiger partial charge in [-0.15, -0.1) is 0 Å². The summed E-state index contributed by atoms with van der Waals surface area (Å²) in [6, 6.07) is 5.53. The van der Waals surface area contributed by atoms with E-state index in [1.807, 2.05) is 19.1 Å². The molecule has 0 aromatic heterocycles. The summed E-state index contributed by atoms with van der Waals surface area (Å²) in [7, 11) is 0. The highest BCUT2D eigenvalue weighted by Crippen LogP contribution is 2.18. The second kappa shape index (κ2) is 6.41. The first kappa shape index (κ1) is 16.0. The number of nitrogens with two attached hydrogens (primary N) is 1. The largest absolute Gasteiger partial charge is 0.384 e. The van der Waals surface area contributed by atoms with Crippen molar-refractivity contribution in [3.63, 3.8) is 0 Å². The molecule has 0 fully saturated rings. The predicted molar refractivity (Wildman–Crippen MR) is 80.7 cm³/mol. The number of aryl methyl sites for hydroxylation is 1. The minimum absolute atomic E-state index is 0.313. The van der Waals surface area contributed by atoms with Crippen molar-refractivity contribution < 1.29 is 9.59 Å². The number of carbonyl (C=O) groups excluding carboxylic acids is 2. The van der Waals surface area contributed by atoms with Crippen molar-refractivity contribution >= 4 is 17.5 Å². The van der Waals surface area contributed by atoms with Gasteiger partial charge in [-0.2, -0.15) is 0 Å². The summed E-state index contributed by atoms with van der Waals surface area (Å²) < 4.78 is 0. The third-order valence-corrected chi connectivity index (χ3v) is 3.03. The molecule has 0 aliphatic rings. The molecule has 0 unspecified atom stereocenters. The number of benzene rings is 1. The maximum absolute atomic E-state index is 12.3. The van der Waals surface area contributed by atoms with Crippen molar-refractivity contribution in [2.45, 2.75) is 39.7 Å². The Labute approximate surface area is 119 Å². The first-order valence-corrected chi connectivity index (χ1v) is 6.75. The maximum Gasteiger partial charge on any atom is 0.254 e. The van der Waals surface area contributed by atoms with Crippen molar-refractivity contribution in [2.75, 3.05) is 11.9 Å². The zero-order valence-corrected chi connectivity index (χ0v) is 12.5. The molecule has 0 saturated heterocycles. The molecule has 1 aromatic rings. The van der Waals surface area contributed by atoms with Gasteiger partial charge in [0.15, 0.2) is 0 Å². The molecule has 20 heavy (non-hydrogen) atoms. The first-order chi connectivity index (χ1) is 9.27. The fraction of sp³-hybridized carbons (Fsp3) is 0.467. The van der Waals surface area contributed by atoms with E-state index in [0.29, 0.717) is 5.56 Å². The lowest BCUT2D eigenvalue weighted by Gasteiger charge is -2.23. The summed E-state index contributed by atoms with van der Waals surface area (Å²) in [5.41, 5.74) is 6.54. The highest BCUT2D eigenvalue weighted by atomic mass is 16.2. The van der Waals surface area contributed by atoms with E-state index in [1.54, 1.807) is 19.9 Å². The van der Waals surface area contributed by atoms with E-state index in [2.05, 4.69) is 17.6 Å². The van der Waals surface area contributed by atoms with Crippen molar-refractivity contribution in [1.29, 1.82) is 0 Å². The van der Waals surface area contributed by atoms with Crippen LogP contribution in [-0.4, -0.2) is 23.9 Å². The van der Waals surface area contributed by atoms with E-state index in [-0.39, 0.29) is 5.91 Å². The molecule has 4 N–H and O–H groups in total. The Balaban J connectivity index is 3.00. The Hall–Kier alpha value is -2.04. The Morgan fingerprint density at radius 3 is 2.50 bits per heavy atom. The maximum atomic E-state index is 12.3. The quantitative estimate of drug-likeness (QED) is 0.741. The van der Waals surface area contributed by atoms with Crippen LogP contribution in [0.3, 0.4) is 0 Å². The topological polar surface area (TPSA) is 84.2 Å². The summed E-state index contributed by atoms with van der Waals surface area (Å²) in [6.07, 6.45) is 0.960. The fourth-order valence-electron chi connectivity index (χ4n) is 1.67. The van der Waals surface area contributed by atoms with Crippen LogP contribution in [0.1, 0.15) is 43.1 Å². The zero-order valence-electron chi connectivity index (χ0n) is 12.5. The molecule has 0 saturated carbocycles. The van der Waals surface area contributed by atoms with Crippen LogP contribution in [0, 0.1) is 6.92 Å². The average molecular weight is 277 g/mol. The van der Waals surface area contributed by atoms with Crippen LogP contribution in [0.2, 0.25) is 0 Å². The van der Waals surface area contributed by atoms with E-state index >= 15 is 0 Å². The number of carbonyl (C=O) groups is 2.